The van der Waals surface area contributed by atoms with Gasteiger partial charge in [0.05, 0.1) is 0 Å². The Morgan fingerprint density at radius 1 is 1.18 bits per heavy atom. The van der Waals surface area contributed by atoms with Crippen molar-refractivity contribution in [2.24, 2.45) is 4.99 Å². The zero-order valence-electron chi connectivity index (χ0n) is 14.6. The lowest BCUT2D eigenvalue weighted by Crippen LogP contribution is -2.38. The second-order valence-electron chi connectivity index (χ2n) is 5.63. The van der Waals surface area contributed by atoms with Crippen molar-refractivity contribution in [2.75, 3.05) is 33.9 Å². The maximum atomic E-state index is 5.06. The molecule has 1 aromatic carbocycles. The van der Waals surface area contributed by atoms with Crippen LogP contribution in [-0.4, -0.2) is 44.7 Å². The second-order valence-corrected chi connectivity index (χ2v) is 5.63. The summed E-state index contributed by atoms with van der Waals surface area (Å²) in [6.45, 7) is 7.69. The molecule has 0 aliphatic heterocycles. The van der Waals surface area contributed by atoms with Gasteiger partial charge in [0.1, 0.15) is 0 Å². The lowest BCUT2D eigenvalue weighted by atomic mass is 10.1. The first-order valence-corrected chi connectivity index (χ1v) is 8.21. The first-order valence-electron chi connectivity index (χ1n) is 8.21. The lowest BCUT2D eigenvalue weighted by molar-refractivity contribution is 0.192. The number of hydrogen-bond acceptors (Lipinski definition) is 2. The van der Waals surface area contributed by atoms with Gasteiger partial charge in [-0.2, -0.15) is 0 Å². The summed E-state index contributed by atoms with van der Waals surface area (Å²) < 4.78 is 5.06. The Kier molecular flexibility index (Phi) is 9.31. The zero-order valence-corrected chi connectivity index (χ0v) is 14.6. The molecule has 0 unspecified atom stereocenters. The van der Waals surface area contributed by atoms with Crippen LogP contribution in [0.5, 0.6) is 0 Å². The van der Waals surface area contributed by atoms with Gasteiger partial charge >= 0.3 is 0 Å². The zero-order chi connectivity index (χ0) is 16.2. The topological polar surface area (TPSA) is 36.9 Å². The molecule has 0 aromatic heterocycles. The summed E-state index contributed by atoms with van der Waals surface area (Å²) in [5.74, 6) is 0.981. The molecule has 0 saturated heterocycles. The standard InChI is InChI=1S/C18H31N3O/c1-5-19-18(20-13-7-6-8-14-22-4)21(3)15-17-11-9-16(2)10-12-17/h9-12H,5-8,13-15H2,1-4H3,(H,19,20). The molecule has 0 radical (unpaired) electrons. The number of nitrogens with one attached hydrogen (secondary N) is 1. The molecule has 4 nitrogen and oxygen atoms in total. The highest BCUT2D eigenvalue weighted by Gasteiger charge is 2.06. The van der Waals surface area contributed by atoms with Crippen LogP contribution >= 0.6 is 0 Å². The van der Waals surface area contributed by atoms with Crippen molar-refractivity contribution in [2.45, 2.75) is 39.7 Å². The summed E-state index contributed by atoms with van der Waals surface area (Å²) in [6.07, 6.45) is 3.39. The van der Waals surface area contributed by atoms with Gasteiger partial charge in [-0.05, 0) is 38.7 Å². The molecule has 1 aromatic rings. The van der Waals surface area contributed by atoms with Crippen LogP contribution in [0.15, 0.2) is 29.3 Å². The average molecular weight is 305 g/mol. The minimum atomic E-state index is 0.844. The van der Waals surface area contributed by atoms with Gasteiger partial charge in [0.25, 0.3) is 0 Å². The monoisotopic (exact) mass is 305 g/mol. The first kappa shape index (κ1) is 18.5. The fourth-order valence-electron chi connectivity index (χ4n) is 2.23. The number of aryl methyl sites for hydroxylation is 1. The SMILES string of the molecule is CCNC(=NCCCCCOC)N(C)Cc1ccc(C)cc1. The third-order valence-corrected chi connectivity index (χ3v) is 3.50. The van der Waals surface area contributed by atoms with E-state index in [4.69, 9.17) is 9.73 Å². The molecule has 0 bridgehead atoms. The van der Waals surface area contributed by atoms with E-state index >= 15 is 0 Å². The van der Waals surface area contributed by atoms with E-state index in [0.717, 1.165) is 45.0 Å². The van der Waals surface area contributed by atoms with Gasteiger partial charge in [-0.3, -0.25) is 4.99 Å². The van der Waals surface area contributed by atoms with E-state index in [9.17, 15) is 0 Å². The Balaban J connectivity index is 2.47. The van der Waals surface area contributed by atoms with Crippen LogP contribution in [-0.2, 0) is 11.3 Å². The van der Waals surface area contributed by atoms with Crippen molar-refractivity contribution in [3.8, 4) is 0 Å². The van der Waals surface area contributed by atoms with Crippen LogP contribution in [0.3, 0.4) is 0 Å². The Labute approximate surface area is 135 Å². The number of rotatable bonds is 9. The largest absolute Gasteiger partial charge is 0.385 e. The smallest absolute Gasteiger partial charge is 0.193 e. The number of unbranched alkanes of at least 4 members (excludes halogenated alkanes) is 2. The highest BCUT2D eigenvalue weighted by molar-refractivity contribution is 5.79. The van der Waals surface area contributed by atoms with Gasteiger partial charge in [0, 0.05) is 40.4 Å². The Morgan fingerprint density at radius 2 is 1.91 bits per heavy atom. The molecule has 0 heterocycles. The second kappa shape index (κ2) is 11.1. The number of ether oxygens (including phenoxy) is 1. The van der Waals surface area contributed by atoms with Crippen LogP contribution in [0, 0.1) is 6.92 Å². The summed E-state index contributed by atoms with van der Waals surface area (Å²) in [4.78, 5) is 6.90. The van der Waals surface area contributed by atoms with E-state index in [2.05, 4.69) is 55.4 Å². The minimum absolute atomic E-state index is 0.844. The van der Waals surface area contributed by atoms with Crippen molar-refractivity contribution >= 4 is 5.96 Å². The van der Waals surface area contributed by atoms with Crippen molar-refractivity contribution in [3.63, 3.8) is 0 Å². The van der Waals surface area contributed by atoms with Crippen molar-refractivity contribution in [1.82, 2.24) is 10.2 Å². The molecular formula is C18H31N3O. The average Bonchev–Trinajstić information content (AvgIpc) is 2.51. The lowest BCUT2D eigenvalue weighted by Gasteiger charge is -2.22. The number of nitrogens with zero attached hydrogens (tertiary/aromatic N) is 2. The minimum Gasteiger partial charge on any atom is -0.385 e. The molecule has 0 atom stereocenters. The third kappa shape index (κ3) is 7.46. The maximum absolute atomic E-state index is 5.06. The molecule has 0 spiro atoms. The summed E-state index contributed by atoms with van der Waals surface area (Å²) in [5.41, 5.74) is 2.60. The molecule has 124 valence electrons. The van der Waals surface area contributed by atoms with Crippen molar-refractivity contribution < 1.29 is 4.74 Å². The summed E-state index contributed by atoms with van der Waals surface area (Å²) in [7, 11) is 3.84. The molecule has 0 aliphatic carbocycles. The van der Waals surface area contributed by atoms with E-state index in [-0.39, 0.29) is 0 Å². The highest BCUT2D eigenvalue weighted by Crippen LogP contribution is 2.06. The van der Waals surface area contributed by atoms with Gasteiger partial charge in [-0.25, -0.2) is 0 Å². The van der Waals surface area contributed by atoms with E-state index in [1.807, 2.05) is 0 Å². The molecule has 0 saturated carbocycles. The number of methoxy groups -OCH3 is 1. The van der Waals surface area contributed by atoms with Gasteiger partial charge in [0.2, 0.25) is 0 Å². The van der Waals surface area contributed by atoms with Crippen LogP contribution in [0.25, 0.3) is 0 Å². The van der Waals surface area contributed by atoms with E-state index in [0.29, 0.717) is 0 Å². The predicted molar refractivity (Wildman–Crippen MR) is 94.4 cm³/mol. The summed E-state index contributed by atoms with van der Waals surface area (Å²) in [5, 5.41) is 3.37. The van der Waals surface area contributed by atoms with Crippen LogP contribution < -0.4 is 5.32 Å². The Morgan fingerprint density at radius 3 is 2.55 bits per heavy atom. The van der Waals surface area contributed by atoms with E-state index in [1.54, 1.807) is 7.11 Å². The Hall–Kier alpha value is -1.55. The number of hydrogen-bond donors (Lipinski definition) is 1. The molecular weight excluding hydrogens is 274 g/mol. The Bertz CT molecular complexity index is 428. The van der Waals surface area contributed by atoms with Crippen molar-refractivity contribution in [3.05, 3.63) is 35.4 Å². The highest BCUT2D eigenvalue weighted by atomic mass is 16.5. The van der Waals surface area contributed by atoms with Crippen LogP contribution in [0.2, 0.25) is 0 Å². The molecule has 0 fully saturated rings. The third-order valence-electron chi connectivity index (χ3n) is 3.50. The van der Waals surface area contributed by atoms with Crippen molar-refractivity contribution in [1.29, 1.82) is 0 Å². The van der Waals surface area contributed by atoms with Gasteiger partial charge in [-0.1, -0.05) is 29.8 Å². The fourth-order valence-corrected chi connectivity index (χ4v) is 2.23. The first-order chi connectivity index (χ1) is 10.7. The number of guanidine groups is 1. The van der Waals surface area contributed by atoms with Crippen LogP contribution in [0.4, 0.5) is 0 Å². The number of benzene rings is 1. The van der Waals surface area contributed by atoms with Gasteiger partial charge in [-0.15, -0.1) is 0 Å². The van der Waals surface area contributed by atoms with Gasteiger partial charge < -0.3 is 15.0 Å². The molecule has 22 heavy (non-hydrogen) atoms. The summed E-state index contributed by atoms with van der Waals surface area (Å²) >= 11 is 0. The molecule has 1 N–H and O–H groups in total. The maximum Gasteiger partial charge on any atom is 0.193 e. The van der Waals surface area contributed by atoms with E-state index in [1.165, 1.54) is 17.5 Å². The fraction of sp³-hybridized carbons (Fsp3) is 0.611. The predicted octanol–water partition coefficient (Wildman–Crippen LogP) is 3.21. The molecule has 0 aliphatic rings. The molecule has 1 rings (SSSR count). The quantitative estimate of drug-likeness (QED) is 0.432. The van der Waals surface area contributed by atoms with E-state index < -0.39 is 0 Å². The molecule has 0 amide bonds. The van der Waals surface area contributed by atoms with Crippen LogP contribution in [0.1, 0.15) is 37.3 Å². The number of aliphatic imine (C=N–C) groups is 1. The normalized spacial score (nSPS) is 11.5. The summed E-state index contributed by atoms with van der Waals surface area (Å²) in [6, 6.07) is 8.67. The molecule has 4 heteroatoms. The van der Waals surface area contributed by atoms with Gasteiger partial charge in [0.15, 0.2) is 5.96 Å².